The number of guanidine groups is 1. The van der Waals surface area contributed by atoms with Crippen LogP contribution in [0.2, 0.25) is 0 Å². The Morgan fingerprint density at radius 2 is 2.00 bits per heavy atom. The first kappa shape index (κ1) is 23.4. The lowest BCUT2D eigenvalue weighted by atomic mass is 9.93. The zero-order valence-electron chi connectivity index (χ0n) is 15.6. The van der Waals surface area contributed by atoms with Crippen LogP contribution in [0.5, 0.6) is 0 Å². The van der Waals surface area contributed by atoms with Gasteiger partial charge in [-0.05, 0) is 46.0 Å². The second kappa shape index (κ2) is 13.7. The van der Waals surface area contributed by atoms with E-state index in [9.17, 15) is 4.79 Å². The summed E-state index contributed by atoms with van der Waals surface area (Å²) in [6.45, 7) is 10.6. The molecule has 142 valence electrons. The lowest BCUT2D eigenvalue weighted by Gasteiger charge is -2.34. The Morgan fingerprint density at radius 3 is 2.54 bits per heavy atom. The fraction of sp³-hybridized carbons (Fsp3) is 0.882. The maximum Gasteiger partial charge on any atom is 0.220 e. The van der Waals surface area contributed by atoms with Gasteiger partial charge in [0.1, 0.15) is 0 Å². The van der Waals surface area contributed by atoms with Crippen molar-refractivity contribution in [3.05, 3.63) is 0 Å². The summed E-state index contributed by atoms with van der Waals surface area (Å²) in [5.74, 6) is 1.64. The number of hydrogen-bond acceptors (Lipinski definition) is 3. The van der Waals surface area contributed by atoms with E-state index < -0.39 is 0 Å². The van der Waals surface area contributed by atoms with Crippen LogP contribution in [0.1, 0.15) is 46.5 Å². The van der Waals surface area contributed by atoms with Gasteiger partial charge in [-0.3, -0.25) is 9.79 Å². The highest BCUT2D eigenvalue weighted by molar-refractivity contribution is 14.0. The van der Waals surface area contributed by atoms with Gasteiger partial charge in [0.2, 0.25) is 5.91 Å². The quantitative estimate of drug-likeness (QED) is 0.256. The number of piperidine rings is 1. The number of halogens is 1. The van der Waals surface area contributed by atoms with E-state index in [0.29, 0.717) is 12.3 Å². The monoisotopic (exact) mass is 454 g/mol. The van der Waals surface area contributed by atoms with Crippen molar-refractivity contribution >= 4 is 35.8 Å². The Morgan fingerprint density at radius 1 is 1.33 bits per heavy atom. The minimum atomic E-state index is 0. The molecule has 1 fully saturated rings. The van der Waals surface area contributed by atoms with Crippen LogP contribution in [0, 0.1) is 5.92 Å². The molecular weight excluding hydrogens is 419 g/mol. The molecule has 0 atom stereocenters. The van der Waals surface area contributed by atoms with Crippen LogP contribution < -0.4 is 10.6 Å². The predicted molar refractivity (Wildman–Crippen MR) is 110 cm³/mol. The molecular formula is C17H35IN4O2. The molecule has 0 aromatic rings. The van der Waals surface area contributed by atoms with E-state index in [0.717, 1.165) is 58.0 Å². The maximum absolute atomic E-state index is 11.5. The largest absolute Gasteiger partial charge is 0.379 e. The van der Waals surface area contributed by atoms with Crippen molar-refractivity contribution in [1.82, 2.24) is 15.5 Å². The number of ether oxygens (including phenoxy) is 1. The molecule has 1 amide bonds. The number of aliphatic imine (C=N–C) groups is 1. The molecule has 0 aliphatic carbocycles. The Kier molecular flexibility index (Phi) is 13.4. The number of nitrogens with zero attached hydrogens (tertiary/aromatic N) is 2. The summed E-state index contributed by atoms with van der Waals surface area (Å²) in [7, 11) is 1.70. The predicted octanol–water partition coefficient (Wildman–Crippen LogP) is 2.23. The highest BCUT2D eigenvalue weighted by Crippen LogP contribution is 2.20. The van der Waals surface area contributed by atoms with Crippen LogP contribution in [0.4, 0.5) is 0 Å². The zero-order valence-corrected chi connectivity index (χ0v) is 18.0. The fourth-order valence-electron chi connectivity index (χ4n) is 2.71. The number of likely N-dealkylation sites (tertiary alicyclic amines) is 1. The summed E-state index contributed by atoms with van der Waals surface area (Å²) in [5, 5.41) is 6.09. The van der Waals surface area contributed by atoms with Gasteiger partial charge in [-0.25, -0.2) is 0 Å². The minimum Gasteiger partial charge on any atom is -0.379 e. The van der Waals surface area contributed by atoms with Gasteiger partial charge in [0.15, 0.2) is 5.96 Å². The molecule has 0 aromatic carbocycles. The molecule has 1 aliphatic heterocycles. The average molecular weight is 454 g/mol. The molecule has 1 heterocycles. The van der Waals surface area contributed by atoms with E-state index in [-0.39, 0.29) is 36.0 Å². The van der Waals surface area contributed by atoms with Crippen molar-refractivity contribution in [2.45, 2.75) is 52.6 Å². The van der Waals surface area contributed by atoms with Crippen LogP contribution in [0.25, 0.3) is 0 Å². The van der Waals surface area contributed by atoms with Gasteiger partial charge in [0, 0.05) is 46.3 Å². The summed E-state index contributed by atoms with van der Waals surface area (Å²) < 4.78 is 5.55. The first-order valence-electron chi connectivity index (χ1n) is 8.92. The average Bonchev–Trinajstić information content (AvgIpc) is 2.54. The van der Waals surface area contributed by atoms with E-state index in [2.05, 4.69) is 36.3 Å². The van der Waals surface area contributed by atoms with Crippen LogP contribution >= 0.6 is 24.0 Å². The van der Waals surface area contributed by atoms with Crippen molar-refractivity contribution in [3.63, 3.8) is 0 Å². The van der Waals surface area contributed by atoms with Gasteiger partial charge in [-0.1, -0.05) is 0 Å². The summed E-state index contributed by atoms with van der Waals surface area (Å²) in [6, 6.07) is 0. The Hall–Kier alpha value is -0.570. The van der Waals surface area contributed by atoms with Gasteiger partial charge in [-0.15, -0.1) is 24.0 Å². The molecule has 6 nitrogen and oxygen atoms in total. The van der Waals surface area contributed by atoms with Crippen LogP contribution in [-0.4, -0.2) is 62.7 Å². The van der Waals surface area contributed by atoms with Gasteiger partial charge < -0.3 is 20.3 Å². The number of carbonyl (C=O) groups excluding carboxylic acids is 1. The van der Waals surface area contributed by atoms with Crippen molar-refractivity contribution in [2.24, 2.45) is 10.9 Å². The van der Waals surface area contributed by atoms with E-state index in [1.54, 1.807) is 7.05 Å². The molecule has 1 saturated heterocycles. The molecule has 24 heavy (non-hydrogen) atoms. The number of carbonyl (C=O) groups is 1. The van der Waals surface area contributed by atoms with Crippen molar-refractivity contribution < 1.29 is 9.53 Å². The van der Waals surface area contributed by atoms with Crippen molar-refractivity contribution in [1.29, 1.82) is 0 Å². The summed E-state index contributed by atoms with van der Waals surface area (Å²) in [6.07, 6.45) is 3.97. The standard InChI is InChI=1S/C17H34N4O2.HI/c1-5-19-17(20-9-6-12-23-14(2)3)21-10-7-15(8-11-21)13-16(22)18-4;/h14-15H,5-13H2,1-4H3,(H,18,22)(H,19,20);1H. The van der Waals surface area contributed by atoms with Crippen LogP contribution in [0.3, 0.4) is 0 Å². The summed E-state index contributed by atoms with van der Waals surface area (Å²) >= 11 is 0. The van der Waals surface area contributed by atoms with Gasteiger partial charge in [0.05, 0.1) is 6.10 Å². The third kappa shape index (κ3) is 9.66. The lowest BCUT2D eigenvalue weighted by Crippen LogP contribution is -2.46. The van der Waals surface area contributed by atoms with E-state index >= 15 is 0 Å². The summed E-state index contributed by atoms with van der Waals surface area (Å²) in [5.41, 5.74) is 0. The Balaban J connectivity index is 0.00000529. The Bertz CT molecular complexity index is 370. The highest BCUT2D eigenvalue weighted by Gasteiger charge is 2.22. The van der Waals surface area contributed by atoms with Gasteiger partial charge in [0.25, 0.3) is 0 Å². The molecule has 2 N–H and O–H groups in total. The molecule has 0 saturated carbocycles. The second-order valence-electron chi connectivity index (χ2n) is 6.32. The molecule has 1 rings (SSSR count). The number of rotatable bonds is 8. The first-order chi connectivity index (χ1) is 11.1. The van der Waals surface area contributed by atoms with Crippen LogP contribution in [-0.2, 0) is 9.53 Å². The van der Waals surface area contributed by atoms with Gasteiger partial charge in [-0.2, -0.15) is 0 Å². The molecule has 1 aliphatic rings. The molecule has 0 unspecified atom stereocenters. The van der Waals surface area contributed by atoms with E-state index in [1.165, 1.54) is 0 Å². The lowest BCUT2D eigenvalue weighted by molar-refractivity contribution is -0.121. The normalized spacial score (nSPS) is 16.0. The molecule has 7 heteroatoms. The topological polar surface area (TPSA) is 66.0 Å². The zero-order chi connectivity index (χ0) is 17.1. The number of amides is 1. The van der Waals surface area contributed by atoms with Crippen LogP contribution in [0.15, 0.2) is 4.99 Å². The highest BCUT2D eigenvalue weighted by atomic mass is 127. The second-order valence-corrected chi connectivity index (χ2v) is 6.32. The fourth-order valence-corrected chi connectivity index (χ4v) is 2.71. The molecule has 0 radical (unpaired) electrons. The first-order valence-corrected chi connectivity index (χ1v) is 8.92. The van der Waals surface area contributed by atoms with Crippen molar-refractivity contribution in [2.75, 3.05) is 39.8 Å². The van der Waals surface area contributed by atoms with E-state index in [4.69, 9.17) is 9.73 Å². The summed E-state index contributed by atoms with van der Waals surface area (Å²) in [4.78, 5) is 18.5. The number of hydrogen-bond donors (Lipinski definition) is 2. The maximum atomic E-state index is 11.5. The van der Waals surface area contributed by atoms with Gasteiger partial charge >= 0.3 is 0 Å². The molecule has 0 bridgehead atoms. The SMILES string of the molecule is CCNC(=NCCCOC(C)C)N1CCC(CC(=O)NC)CC1.I. The van der Waals surface area contributed by atoms with Crippen molar-refractivity contribution in [3.8, 4) is 0 Å². The third-order valence-electron chi connectivity index (χ3n) is 4.02. The minimum absolute atomic E-state index is 0. The third-order valence-corrected chi connectivity index (χ3v) is 4.02. The van der Waals surface area contributed by atoms with E-state index in [1.807, 2.05) is 0 Å². The molecule has 0 aromatic heterocycles. The number of nitrogens with one attached hydrogen (secondary N) is 2. The smallest absolute Gasteiger partial charge is 0.220 e. The molecule has 0 spiro atoms. The Labute approximate surface area is 164 Å².